The van der Waals surface area contributed by atoms with Crippen molar-refractivity contribution in [2.45, 2.75) is 11.9 Å². The highest BCUT2D eigenvalue weighted by Crippen LogP contribution is 2.29. The van der Waals surface area contributed by atoms with Crippen LogP contribution in [-0.4, -0.2) is 35.6 Å². The zero-order chi connectivity index (χ0) is 16.6. The minimum atomic E-state index is -3.00. The fourth-order valence-electron chi connectivity index (χ4n) is 2.46. The number of nitriles is 1. The lowest BCUT2D eigenvalue weighted by Gasteiger charge is -2.09. The Morgan fingerprint density at radius 1 is 1.35 bits per heavy atom. The number of sulfone groups is 1. The van der Waals surface area contributed by atoms with Gasteiger partial charge in [0.05, 0.1) is 27.4 Å². The predicted octanol–water partition coefficient (Wildman–Crippen LogP) is 2.80. The van der Waals surface area contributed by atoms with E-state index in [-0.39, 0.29) is 5.75 Å². The van der Waals surface area contributed by atoms with Crippen LogP contribution in [0.3, 0.4) is 0 Å². The van der Waals surface area contributed by atoms with Gasteiger partial charge in [0, 0.05) is 12.0 Å². The number of rotatable bonds is 4. The number of aryl methyl sites for hydroxylation is 1. The number of fused-ring (bicyclic) bond motifs is 3. The molecule has 1 aromatic carbocycles. The number of imidazole rings is 1. The third-order valence-electron chi connectivity index (χ3n) is 3.55. The lowest BCUT2D eigenvalue weighted by atomic mass is 10.2. The van der Waals surface area contributed by atoms with Gasteiger partial charge in [-0.3, -0.25) is 4.40 Å². The van der Waals surface area contributed by atoms with E-state index in [1.807, 2.05) is 41.7 Å². The molecule has 0 amide bonds. The third kappa shape index (κ3) is 3.05. The summed E-state index contributed by atoms with van der Waals surface area (Å²) in [6.45, 7) is 1.87. The highest BCUT2D eigenvalue weighted by Gasteiger charge is 2.15. The topological polar surface area (TPSA) is 75.2 Å². The first kappa shape index (κ1) is 15.8. The lowest BCUT2D eigenvalue weighted by molar-refractivity contribution is 0.603. The van der Waals surface area contributed by atoms with Crippen LogP contribution in [0.15, 0.2) is 35.4 Å². The van der Waals surface area contributed by atoms with Crippen LogP contribution in [0.1, 0.15) is 11.1 Å². The van der Waals surface area contributed by atoms with E-state index in [1.54, 1.807) is 0 Å². The Hall–Kier alpha value is -2.04. The third-order valence-corrected chi connectivity index (χ3v) is 5.76. The van der Waals surface area contributed by atoms with E-state index in [1.165, 1.54) is 18.0 Å². The molecule has 0 fully saturated rings. The molecule has 0 aliphatic rings. The summed E-state index contributed by atoms with van der Waals surface area (Å²) in [5.74, 6) is 0.580. The molecule has 0 aliphatic carbocycles. The first-order valence-electron chi connectivity index (χ1n) is 7.02. The second-order valence-corrected chi connectivity index (χ2v) is 8.77. The summed E-state index contributed by atoms with van der Waals surface area (Å²) in [6.07, 6.45) is 1.24. The van der Waals surface area contributed by atoms with E-state index < -0.39 is 9.84 Å². The number of hydrogen-bond donors (Lipinski definition) is 0. The van der Waals surface area contributed by atoms with Gasteiger partial charge in [-0.05, 0) is 30.7 Å². The van der Waals surface area contributed by atoms with Crippen molar-refractivity contribution in [3.63, 3.8) is 0 Å². The summed E-state index contributed by atoms with van der Waals surface area (Å²) in [7, 11) is -3.00. The van der Waals surface area contributed by atoms with Crippen LogP contribution in [-0.2, 0) is 9.84 Å². The molecule has 0 spiro atoms. The molecule has 118 valence electrons. The second kappa shape index (κ2) is 5.87. The summed E-state index contributed by atoms with van der Waals surface area (Å²) in [5, 5.41) is 10.3. The molecule has 0 saturated heterocycles. The minimum Gasteiger partial charge on any atom is -0.286 e. The van der Waals surface area contributed by atoms with Gasteiger partial charge in [0.2, 0.25) is 0 Å². The van der Waals surface area contributed by atoms with Crippen LogP contribution < -0.4 is 0 Å². The van der Waals surface area contributed by atoms with E-state index in [9.17, 15) is 13.7 Å². The van der Waals surface area contributed by atoms with Gasteiger partial charge in [-0.15, -0.1) is 11.8 Å². The molecule has 0 radical (unpaired) electrons. The molecular formula is C16H15N3O2S2. The number of nitrogens with zero attached hydrogens (tertiary/aromatic N) is 3. The molecule has 0 saturated carbocycles. The molecule has 3 rings (SSSR count). The maximum Gasteiger partial charge on any atom is 0.157 e. The molecule has 3 aromatic rings. The Morgan fingerprint density at radius 3 is 2.78 bits per heavy atom. The van der Waals surface area contributed by atoms with Crippen LogP contribution in [0.25, 0.3) is 16.7 Å². The molecule has 7 heteroatoms. The summed E-state index contributed by atoms with van der Waals surface area (Å²) in [4.78, 5) is 4.57. The summed E-state index contributed by atoms with van der Waals surface area (Å²) < 4.78 is 24.6. The van der Waals surface area contributed by atoms with Gasteiger partial charge >= 0.3 is 0 Å². The van der Waals surface area contributed by atoms with E-state index in [4.69, 9.17) is 0 Å². The van der Waals surface area contributed by atoms with Crippen molar-refractivity contribution < 1.29 is 8.42 Å². The van der Waals surface area contributed by atoms with E-state index in [0.717, 1.165) is 21.6 Å². The standard InChI is InChI=1S/C16H15N3O2S2/c1-11-9-15(22-7-8-23(2,20)21)19-14-6-4-3-5-13(14)18-16(19)12(11)10-17/h3-6,9H,7-8H2,1-2H3. The van der Waals surface area contributed by atoms with Crippen LogP contribution >= 0.6 is 11.8 Å². The number of para-hydroxylation sites is 2. The number of pyridine rings is 1. The van der Waals surface area contributed by atoms with Crippen LogP contribution in [0.4, 0.5) is 0 Å². The molecule has 0 N–H and O–H groups in total. The van der Waals surface area contributed by atoms with Crippen molar-refractivity contribution in [3.05, 3.63) is 41.5 Å². The quantitative estimate of drug-likeness (QED) is 0.680. The maximum absolute atomic E-state index is 11.3. The molecular weight excluding hydrogens is 330 g/mol. The molecule has 0 bridgehead atoms. The number of aromatic nitrogens is 2. The summed E-state index contributed by atoms with van der Waals surface area (Å²) in [5.41, 5.74) is 3.75. The highest BCUT2D eigenvalue weighted by atomic mass is 32.2. The highest BCUT2D eigenvalue weighted by molar-refractivity contribution is 8.00. The fourth-order valence-corrected chi connectivity index (χ4v) is 4.78. The van der Waals surface area contributed by atoms with Gasteiger partial charge in [0.25, 0.3) is 0 Å². The molecule has 5 nitrogen and oxygen atoms in total. The van der Waals surface area contributed by atoms with Crippen molar-refractivity contribution >= 4 is 38.3 Å². The van der Waals surface area contributed by atoms with Gasteiger partial charge in [-0.1, -0.05) is 12.1 Å². The van der Waals surface area contributed by atoms with Crippen molar-refractivity contribution in [1.82, 2.24) is 9.38 Å². The van der Waals surface area contributed by atoms with E-state index in [2.05, 4.69) is 11.1 Å². The van der Waals surface area contributed by atoms with Gasteiger partial charge in [0.15, 0.2) is 5.65 Å². The van der Waals surface area contributed by atoms with Crippen LogP contribution in [0.5, 0.6) is 0 Å². The van der Waals surface area contributed by atoms with Crippen molar-refractivity contribution in [1.29, 1.82) is 5.26 Å². The number of thioether (sulfide) groups is 1. The SMILES string of the molecule is Cc1cc(SCCS(C)(=O)=O)n2c(nc3ccccc32)c1C#N. The smallest absolute Gasteiger partial charge is 0.157 e. The van der Waals surface area contributed by atoms with Gasteiger partial charge in [0.1, 0.15) is 15.9 Å². The van der Waals surface area contributed by atoms with Gasteiger partial charge in [-0.25, -0.2) is 13.4 Å². The predicted molar refractivity (Wildman–Crippen MR) is 92.6 cm³/mol. The maximum atomic E-state index is 11.3. The normalized spacial score (nSPS) is 11.9. The first-order chi connectivity index (χ1) is 10.9. The molecule has 0 unspecified atom stereocenters. The van der Waals surface area contributed by atoms with Crippen molar-refractivity contribution in [2.24, 2.45) is 0 Å². The average Bonchev–Trinajstić information content (AvgIpc) is 2.85. The number of benzene rings is 1. The van der Waals surface area contributed by atoms with Crippen molar-refractivity contribution in [3.8, 4) is 6.07 Å². The zero-order valence-corrected chi connectivity index (χ0v) is 14.4. The Balaban J connectivity index is 2.19. The van der Waals surface area contributed by atoms with Crippen LogP contribution in [0.2, 0.25) is 0 Å². The molecule has 0 atom stereocenters. The van der Waals surface area contributed by atoms with Crippen LogP contribution in [0, 0.1) is 18.3 Å². The molecule has 23 heavy (non-hydrogen) atoms. The monoisotopic (exact) mass is 345 g/mol. The van der Waals surface area contributed by atoms with Crippen molar-refractivity contribution in [2.75, 3.05) is 17.8 Å². The number of hydrogen-bond acceptors (Lipinski definition) is 5. The second-order valence-electron chi connectivity index (χ2n) is 5.39. The van der Waals surface area contributed by atoms with Gasteiger partial charge in [-0.2, -0.15) is 5.26 Å². The van der Waals surface area contributed by atoms with E-state index in [0.29, 0.717) is 17.0 Å². The molecule has 2 aromatic heterocycles. The fraction of sp³-hybridized carbons (Fsp3) is 0.250. The molecule has 0 aliphatic heterocycles. The van der Waals surface area contributed by atoms with Gasteiger partial charge < -0.3 is 0 Å². The average molecular weight is 345 g/mol. The Kier molecular flexibility index (Phi) is 4.04. The Bertz CT molecular complexity index is 1050. The minimum absolute atomic E-state index is 0.116. The summed E-state index contributed by atoms with van der Waals surface area (Å²) in [6, 6.07) is 11.8. The van der Waals surface area contributed by atoms with E-state index >= 15 is 0 Å². The zero-order valence-electron chi connectivity index (χ0n) is 12.8. The largest absolute Gasteiger partial charge is 0.286 e. The Labute approximate surface area is 138 Å². The Morgan fingerprint density at radius 2 is 2.09 bits per heavy atom. The summed E-state index contributed by atoms with van der Waals surface area (Å²) >= 11 is 1.46. The lowest BCUT2D eigenvalue weighted by Crippen LogP contribution is -2.06. The molecule has 2 heterocycles. The first-order valence-corrected chi connectivity index (χ1v) is 10.1.